The standard InChI is InChI=1S/C10H11BrFNO/c1-7-2-3-8(6-9(7)12)13-10(14)4-5-11/h2-3,6H,4-5H2,1H3,(H,13,14). The summed E-state index contributed by atoms with van der Waals surface area (Å²) in [6.45, 7) is 1.68. The molecule has 1 amide bonds. The highest BCUT2D eigenvalue weighted by Gasteiger charge is 2.03. The zero-order chi connectivity index (χ0) is 10.6. The maximum atomic E-state index is 13.1. The fourth-order valence-corrected chi connectivity index (χ4v) is 1.34. The van der Waals surface area contributed by atoms with Crippen LogP contribution < -0.4 is 5.32 Å². The quantitative estimate of drug-likeness (QED) is 0.832. The number of anilines is 1. The Morgan fingerprint density at radius 3 is 2.86 bits per heavy atom. The molecule has 1 N–H and O–H groups in total. The molecule has 0 spiro atoms. The predicted octanol–water partition coefficient (Wildman–Crippen LogP) is 2.86. The van der Waals surface area contributed by atoms with Gasteiger partial charge in [0.1, 0.15) is 5.82 Å². The number of amides is 1. The molecule has 1 rings (SSSR count). The number of rotatable bonds is 3. The minimum atomic E-state index is -0.304. The Morgan fingerprint density at radius 1 is 1.57 bits per heavy atom. The van der Waals surface area contributed by atoms with Gasteiger partial charge < -0.3 is 5.32 Å². The number of hydrogen-bond acceptors (Lipinski definition) is 1. The fraction of sp³-hybridized carbons (Fsp3) is 0.300. The summed E-state index contributed by atoms with van der Waals surface area (Å²) in [5, 5.41) is 3.21. The second-order valence-corrected chi connectivity index (χ2v) is 3.74. The summed E-state index contributed by atoms with van der Waals surface area (Å²) in [6, 6.07) is 4.64. The Hall–Kier alpha value is -0.900. The highest BCUT2D eigenvalue weighted by atomic mass is 79.9. The summed E-state index contributed by atoms with van der Waals surface area (Å²) in [4.78, 5) is 11.1. The molecular formula is C10H11BrFNO. The highest BCUT2D eigenvalue weighted by molar-refractivity contribution is 9.09. The predicted molar refractivity (Wildman–Crippen MR) is 58.2 cm³/mol. The third-order valence-corrected chi connectivity index (χ3v) is 2.17. The number of hydrogen-bond donors (Lipinski definition) is 1. The van der Waals surface area contributed by atoms with Crippen molar-refractivity contribution in [3.63, 3.8) is 0 Å². The Bertz CT molecular complexity index is 341. The van der Waals surface area contributed by atoms with Crippen molar-refractivity contribution >= 4 is 27.5 Å². The summed E-state index contributed by atoms with van der Waals surface area (Å²) in [5.41, 5.74) is 1.07. The van der Waals surface area contributed by atoms with Crippen molar-refractivity contribution < 1.29 is 9.18 Å². The molecule has 1 aromatic carbocycles. The fourth-order valence-electron chi connectivity index (χ4n) is 0.980. The van der Waals surface area contributed by atoms with E-state index in [-0.39, 0.29) is 11.7 Å². The first kappa shape index (κ1) is 11.2. The second-order valence-electron chi connectivity index (χ2n) is 2.95. The van der Waals surface area contributed by atoms with Crippen LogP contribution in [0.3, 0.4) is 0 Å². The van der Waals surface area contributed by atoms with E-state index < -0.39 is 0 Å². The molecule has 0 aliphatic rings. The van der Waals surface area contributed by atoms with Crippen molar-refractivity contribution in [2.75, 3.05) is 10.6 Å². The minimum absolute atomic E-state index is 0.120. The van der Waals surface area contributed by atoms with Gasteiger partial charge in [-0.1, -0.05) is 22.0 Å². The van der Waals surface area contributed by atoms with Gasteiger partial charge in [0.25, 0.3) is 0 Å². The van der Waals surface area contributed by atoms with E-state index in [1.54, 1.807) is 19.1 Å². The van der Waals surface area contributed by atoms with Crippen LogP contribution in [0.25, 0.3) is 0 Å². The molecule has 0 fully saturated rings. The van der Waals surface area contributed by atoms with Crippen molar-refractivity contribution in [2.24, 2.45) is 0 Å². The zero-order valence-electron chi connectivity index (χ0n) is 7.81. The highest BCUT2D eigenvalue weighted by Crippen LogP contribution is 2.13. The van der Waals surface area contributed by atoms with Crippen LogP contribution in [-0.4, -0.2) is 11.2 Å². The molecule has 2 nitrogen and oxygen atoms in total. The Morgan fingerprint density at radius 2 is 2.29 bits per heavy atom. The van der Waals surface area contributed by atoms with Gasteiger partial charge >= 0.3 is 0 Å². The lowest BCUT2D eigenvalue weighted by Gasteiger charge is -2.04. The number of carbonyl (C=O) groups excluding carboxylic acids is 1. The van der Waals surface area contributed by atoms with Crippen LogP contribution in [-0.2, 0) is 4.79 Å². The normalized spacial score (nSPS) is 9.93. The van der Waals surface area contributed by atoms with Crippen LogP contribution in [0.2, 0.25) is 0 Å². The number of alkyl halides is 1. The lowest BCUT2D eigenvalue weighted by molar-refractivity contribution is -0.115. The molecular weight excluding hydrogens is 249 g/mol. The van der Waals surface area contributed by atoms with E-state index in [0.717, 1.165) is 0 Å². The first-order valence-electron chi connectivity index (χ1n) is 4.25. The average Bonchev–Trinajstić information content (AvgIpc) is 2.12. The van der Waals surface area contributed by atoms with E-state index >= 15 is 0 Å². The van der Waals surface area contributed by atoms with Crippen molar-refractivity contribution in [1.82, 2.24) is 0 Å². The molecule has 0 aliphatic heterocycles. The van der Waals surface area contributed by atoms with E-state index in [2.05, 4.69) is 21.2 Å². The first-order chi connectivity index (χ1) is 6.63. The van der Waals surface area contributed by atoms with Crippen LogP contribution in [0.5, 0.6) is 0 Å². The summed E-state index contributed by atoms with van der Waals surface area (Å²) < 4.78 is 13.1. The van der Waals surface area contributed by atoms with E-state index in [9.17, 15) is 9.18 Å². The zero-order valence-corrected chi connectivity index (χ0v) is 9.40. The molecule has 0 heterocycles. The second kappa shape index (κ2) is 5.10. The van der Waals surface area contributed by atoms with Gasteiger partial charge in [-0.15, -0.1) is 0 Å². The molecule has 0 bridgehead atoms. The smallest absolute Gasteiger partial charge is 0.225 e. The topological polar surface area (TPSA) is 29.1 Å². The van der Waals surface area contributed by atoms with Gasteiger partial charge in [0, 0.05) is 17.4 Å². The summed E-state index contributed by atoms with van der Waals surface area (Å²) in [5.74, 6) is -0.424. The number of nitrogens with one attached hydrogen (secondary N) is 1. The third-order valence-electron chi connectivity index (χ3n) is 1.78. The number of carbonyl (C=O) groups is 1. The van der Waals surface area contributed by atoms with E-state index in [4.69, 9.17) is 0 Å². The van der Waals surface area contributed by atoms with E-state index in [0.29, 0.717) is 23.0 Å². The van der Waals surface area contributed by atoms with Crippen molar-refractivity contribution in [2.45, 2.75) is 13.3 Å². The molecule has 0 saturated heterocycles. The molecule has 0 unspecified atom stereocenters. The van der Waals surface area contributed by atoms with Crippen molar-refractivity contribution in [3.05, 3.63) is 29.6 Å². The van der Waals surface area contributed by atoms with Crippen molar-refractivity contribution in [3.8, 4) is 0 Å². The third kappa shape index (κ3) is 3.10. The van der Waals surface area contributed by atoms with Gasteiger partial charge in [-0.05, 0) is 24.6 Å². The Labute approximate surface area is 90.6 Å². The summed E-state index contributed by atoms with van der Waals surface area (Å²) in [7, 11) is 0. The molecule has 14 heavy (non-hydrogen) atoms. The minimum Gasteiger partial charge on any atom is -0.326 e. The first-order valence-corrected chi connectivity index (χ1v) is 5.37. The lowest BCUT2D eigenvalue weighted by atomic mass is 10.2. The van der Waals surface area contributed by atoms with Gasteiger partial charge in [-0.2, -0.15) is 0 Å². The molecule has 0 radical (unpaired) electrons. The molecule has 1 aromatic rings. The van der Waals surface area contributed by atoms with E-state index in [1.807, 2.05) is 0 Å². The van der Waals surface area contributed by atoms with Crippen LogP contribution >= 0.6 is 15.9 Å². The summed E-state index contributed by atoms with van der Waals surface area (Å²) >= 11 is 3.15. The molecule has 0 saturated carbocycles. The number of halogens is 2. The van der Waals surface area contributed by atoms with Crippen LogP contribution in [0.1, 0.15) is 12.0 Å². The summed E-state index contributed by atoms with van der Waals surface area (Å²) in [6.07, 6.45) is 0.384. The molecule has 4 heteroatoms. The number of benzene rings is 1. The largest absolute Gasteiger partial charge is 0.326 e. The molecule has 76 valence electrons. The van der Waals surface area contributed by atoms with Crippen LogP contribution in [0.15, 0.2) is 18.2 Å². The van der Waals surface area contributed by atoms with Crippen LogP contribution in [0.4, 0.5) is 10.1 Å². The molecule has 0 aromatic heterocycles. The molecule has 0 aliphatic carbocycles. The Balaban J connectivity index is 2.68. The SMILES string of the molecule is Cc1ccc(NC(=O)CCBr)cc1F. The van der Waals surface area contributed by atoms with Crippen molar-refractivity contribution in [1.29, 1.82) is 0 Å². The molecule has 0 atom stereocenters. The maximum absolute atomic E-state index is 13.1. The van der Waals surface area contributed by atoms with Gasteiger partial charge in [0.2, 0.25) is 5.91 Å². The van der Waals surface area contributed by atoms with E-state index in [1.165, 1.54) is 6.07 Å². The monoisotopic (exact) mass is 259 g/mol. The van der Waals surface area contributed by atoms with Gasteiger partial charge in [0.05, 0.1) is 0 Å². The average molecular weight is 260 g/mol. The van der Waals surface area contributed by atoms with Gasteiger partial charge in [0.15, 0.2) is 0 Å². The number of aryl methyl sites for hydroxylation is 1. The van der Waals surface area contributed by atoms with Crippen LogP contribution in [0, 0.1) is 12.7 Å². The Kier molecular flexibility index (Phi) is 4.07. The lowest BCUT2D eigenvalue weighted by Crippen LogP contribution is -2.11. The van der Waals surface area contributed by atoms with Gasteiger partial charge in [-0.25, -0.2) is 4.39 Å². The maximum Gasteiger partial charge on any atom is 0.225 e. The van der Waals surface area contributed by atoms with Gasteiger partial charge in [-0.3, -0.25) is 4.79 Å².